The number of nitrogens with one attached hydrogen (secondary N) is 6. The molecule has 1 rings (SSSR count). The van der Waals surface area contributed by atoms with Crippen molar-refractivity contribution in [3.05, 3.63) is 0 Å². The first-order valence-corrected chi connectivity index (χ1v) is 10.5. The number of guanidine groups is 2. The molecule has 0 aromatic rings. The number of carbonyl (C=O) groups excluding carboxylic acids is 1. The lowest BCUT2D eigenvalue weighted by Gasteiger charge is -2.23. The van der Waals surface area contributed by atoms with Crippen molar-refractivity contribution in [3.8, 4) is 12.3 Å². The van der Waals surface area contributed by atoms with E-state index in [4.69, 9.17) is 17.2 Å². The van der Waals surface area contributed by atoms with Crippen LogP contribution in [0.3, 0.4) is 0 Å². The topological polar surface area (TPSA) is 116 Å². The molecule has 0 atom stereocenters. The molecule has 0 saturated carbocycles. The van der Waals surface area contributed by atoms with Crippen LogP contribution in [0, 0.1) is 23.2 Å². The molecular formula is C20H37N7O. The summed E-state index contributed by atoms with van der Waals surface area (Å²) >= 11 is 0. The molecule has 1 fully saturated rings. The van der Waals surface area contributed by atoms with Gasteiger partial charge in [0.2, 0.25) is 0 Å². The van der Waals surface area contributed by atoms with E-state index in [1.807, 2.05) is 4.90 Å². The second-order valence-corrected chi connectivity index (χ2v) is 7.11. The minimum atomic E-state index is -0.175. The Morgan fingerprint density at radius 1 is 1.07 bits per heavy atom. The molecule has 1 saturated heterocycles. The molecule has 6 N–H and O–H groups in total. The minimum Gasteiger partial charge on any atom is -0.357 e. The van der Waals surface area contributed by atoms with Gasteiger partial charge in [0.05, 0.1) is 6.54 Å². The molecule has 0 aromatic heterocycles. The Morgan fingerprint density at radius 2 is 1.79 bits per heavy atom. The zero-order valence-electron chi connectivity index (χ0n) is 17.0. The summed E-state index contributed by atoms with van der Waals surface area (Å²) < 4.78 is 0. The van der Waals surface area contributed by atoms with E-state index in [0.29, 0.717) is 13.1 Å². The number of terminal acetylenes is 1. The minimum absolute atomic E-state index is 0.0983. The van der Waals surface area contributed by atoms with Crippen molar-refractivity contribution in [1.29, 1.82) is 10.8 Å². The fraction of sp³-hybridized carbons (Fsp3) is 0.750. The third-order valence-electron chi connectivity index (χ3n) is 4.70. The van der Waals surface area contributed by atoms with Gasteiger partial charge in [0.15, 0.2) is 11.9 Å². The lowest BCUT2D eigenvalue weighted by atomic mass is 10.1. The van der Waals surface area contributed by atoms with Crippen molar-refractivity contribution in [2.24, 2.45) is 0 Å². The monoisotopic (exact) mass is 391 g/mol. The number of unbranched alkanes of at least 4 members (excludes halogenated alkanes) is 3. The van der Waals surface area contributed by atoms with E-state index in [-0.39, 0.29) is 18.0 Å². The molecule has 1 heterocycles. The van der Waals surface area contributed by atoms with Crippen LogP contribution in [-0.4, -0.2) is 55.6 Å². The van der Waals surface area contributed by atoms with Crippen LogP contribution in [0.1, 0.15) is 64.2 Å². The molecule has 28 heavy (non-hydrogen) atoms. The Balaban J connectivity index is 2.24. The van der Waals surface area contributed by atoms with Crippen molar-refractivity contribution in [2.75, 3.05) is 32.7 Å². The molecule has 0 aliphatic carbocycles. The number of rotatable bonds is 8. The first kappa shape index (κ1) is 23.6. The highest BCUT2D eigenvalue weighted by molar-refractivity contribution is 5.94. The van der Waals surface area contributed by atoms with Gasteiger partial charge in [-0.15, -0.1) is 6.42 Å². The maximum absolute atomic E-state index is 12.4. The average Bonchev–Trinajstić information content (AvgIpc) is 2.69. The molecule has 1 aliphatic heterocycles. The van der Waals surface area contributed by atoms with Crippen LogP contribution in [0.2, 0.25) is 0 Å². The summed E-state index contributed by atoms with van der Waals surface area (Å²) in [6.45, 7) is 3.30. The highest BCUT2D eigenvalue weighted by atomic mass is 16.2. The summed E-state index contributed by atoms with van der Waals surface area (Å²) in [5, 5.41) is 26.9. The second-order valence-electron chi connectivity index (χ2n) is 7.11. The van der Waals surface area contributed by atoms with Crippen LogP contribution in [0.15, 0.2) is 0 Å². The molecule has 8 nitrogen and oxygen atoms in total. The van der Waals surface area contributed by atoms with E-state index in [1.165, 1.54) is 19.3 Å². The summed E-state index contributed by atoms with van der Waals surface area (Å²) in [6.07, 6.45) is 16.0. The number of hydrogen-bond acceptors (Lipinski definition) is 3. The maximum Gasteiger partial charge on any atom is 0.324 e. The van der Waals surface area contributed by atoms with Gasteiger partial charge in [-0.25, -0.2) is 4.79 Å². The van der Waals surface area contributed by atoms with Gasteiger partial charge in [0, 0.05) is 26.2 Å². The molecule has 0 radical (unpaired) electrons. The zero-order chi connectivity index (χ0) is 20.5. The summed E-state index contributed by atoms with van der Waals surface area (Å²) in [7, 11) is 0. The van der Waals surface area contributed by atoms with Crippen LogP contribution in [0.25, 0.3) is 0 Å². The van der Waals surface area contributed by atoms with Gasteiger partial charge in [-0.3, -0.25) is 16.1 Å². The Labute approximate surface area is 169 Å². The van der Waals surface area contributed by atoms with Gasteiger partial charge >= 0.3 is 6.03 Å². The van der Waals surface area contributed by atoms with Crippen LogP contribution < -0.4 is 21.3 Å². The Morgan fingerprint density at radius 3 is 2.57 bits per heavy atom. The van der Waals surface area contributed by atoms with E-state index in [9.17, 15) is 4.79 Å². The number of amides is 2. The third-order valence-corrected chi connectivity index (χ3v) is 4.70. The largest absolute Gasteiger partial charge is 0.357 e. The summed E-state index contributed by atoms with van der Waals surface area (Å²) in [5.74, 6) is 2.80. The van der Waals surface area contributed by atoms with E-state index in [0.717, 1.165) is 64.6 Å². The highest BCUT2D eigenvalue weighted by Crippen LogP contribution is 2.08. The summed E-state index contributed by atoms with van der Waals surface area (Å²) in [5.41, 5.74) is 0. The van der Waals surface area contributed by atoms with Crippen molar-refractivity contribution in [1.82, 2.24) is 26.2 Å². The van der Waals surface area contributed by atoms with E-state index in [1.54, 1.807) is 0 Å². The van der Waals surface area contributed by atoms with Crippen molar-refractivity contribution < 1.29 is 4.79 Å². The van der Waals surface area contributed by atoms with E-state index >= 15 is 0 Å². The fourth-order valence-corrected chi connectivity index (χ4v) is 3.09. The molecule has 0 spiro atoms. The van der Waals surface area contributed by atoms with Gasteiger partial charge < -0.3 is 20.9 Å². The number of carbonyl (C=O) groups is 1. The maximum atomic E-state index is 12.4. The van der Waals surface area contributed by atoms with Gasteiger partial charge in [0.1, 0.15) is 0 Å². The zero-order valence-corrected chi connectivity index (χ0v) is 17.0. The number of nitrogens with zero attached hydrogens (tertiary/aromatic N) is 1. The Hall–Kier alpha value is -2.43. The predicted molar refractivity (Wildman–Crippen MR) is 115 cm³/mol. The van der Waals surface area contributed by atoms with Gasteiger partial charge in [0.25, 0.3) is 0 Å². The third kappa shape index (κ3) is 12.0. The average molecular weight is 392 g/mol. The molecule has 0 aromatic carbocycles. The molecule has 8 heteroatoms. The summed E-state index contributed by atoms with van der Waals surface area (Å²) in [4.78, 5) is 14.3. The fourth-order valence-electron chi connectivity index (χ4n) is 3.09. The van der Waals surface area contributed by atoms with E-state index < -0.39 is 0 Å². The quantitative estimate of drug-likeness (QED) is 0.165. The lowest BCUT2D eigenvalue weighted by Crippen LogP contribution is -2.48. The summed E-state index contributed by atoms with van der Waals surface area (Å²) in [6, 6.07) is -0.175. The Bertz CT molecular complexity index is 515. The van der Waals surface area contributed by atoms with Crippen LogP contribution in [-0.2, 0) is 0 Å². The smallest absolute Gasteiger partial charge is 0.324 e. The van der Waals surface area contributed by atoms with Crippen LogP contribution in [0.5, 0.6) is 0 Å². The van der Waals surface area contributed by atoms with Crippen LogP contribution >= 0.6 is 0 Å². The first-order valence-electron chi connectivity index (χ1n) is 10.5. The van der Waals surface area contributed by atoms with Gasteiger partial charge in [-0.2, -0.15) is 0 Å². The number of hydrogen-bond donors (Lipinski definition) is 6. The van der Waals surface area contributed by atoms with Crippen molar-refractivity contribution in [3.63, 3.8) is 0 Å². The second kappa shape index (κ2) is 15.6. The SMILES string of the molecule is C#CCNC(=N)NCCCCCCN1CCCCCCCCNC(=N)NC1=O. The molecule has 158 valence electrons. The van der Waals surface area contributed by atoms with E-state index in [2.05, 4.69) is 27.2 Å². The highest BCUT2D eigenvalue weighted by Gasteiger charge is 2.14. The van der Waals surface area contributed by atoms with Crippen molar-refractivity contribution in [2.45, 2.75) is 64.2 Å². The molecule has 0 bridgehead atoms. The number of urea groups is 1. The molecule has 1 aliphatic rings. The normalized spacial score (nSPS) is 16.5. The Kier molecular flexibility index (Phi) is 13.2. The lowest BCUT2D eigenvalue weighted by molar-refractivity contribution is 0.200. The standard InChI is InChI=1S/C20H37N7O/c1-2-13-23-18(21)24-14-10-6-8-12-17-27-16-11-7-4-3-5-9-15-25-19(22)26-20(27)28/h1H,3-17H2,(H3,21,23,24)(H3,22,25,26,28). The molecule has 0 unspecified atom stereocenters. The molecular weight excluding hydrogens is 354 g/mol. The van der Waals surface area contributed by atoms with Crippen molar-refractivity contribution >= 4 is 18.0 Å². The first-order chi connectivity index (χ1) is 13.6. The van der Waals surface area contributed by atoms with Gasteiger partial charge in [-0.1, -0.05) is 44.4 Å². The predicted octanol–water partition coefficient (Wildman–Crippen LogP) is 2.18. The van der Waals surface area contributed by atoms with Gasteiger partial charge in [-0.05, 0) is 25.7 Å². The van der Waals surface area contributed by atoms with Crippen LogP contribution in [0.4, 0.5) is 4.79 Å². The molecule has 2 amide bonds.